The molecule has 2 aromatic carbocycles. The Labute approximate surface area is 213 Å². The topological polar surface area (TPSA) is 154 Å². The van der Waals surface area contributed by atoms with Gasteiger partial charge in [0.2, 0.25) is 5.91 Å². The van der Waals surface area contributed by atoms with E-state index in [-0.39, 0.29) is 17.9 Å². The molecule has 2 fully saturated rings. The number of carbonyl (C=O) groups excluding carboxylic acids is 2. The van der Waals surface area contributed by atoms with Crippen LogP contribution in [0.25, 0.3) is 0 Å². The maximum atomic E-state index is 13.6. The van der Waals surface area contributed by atoms with Crippen LogP contribution >= 0.6 is 0 Å². The van der Waals surface area contributed by atoms with E-state index >= 15 is 0 Å². The number of hydrogen-bond acceptors (Lipinski definition) is 8. The average Bonchev–Trinajstić information content (AvgIpc) is 3.18. The Morgan fingerprint density at radius 1 is 1.00 bits per heavy atom. The Morgan fingerprint density at radius 3 is 2.14 bits per heavy atom. The Morgan fingerprint density at radius 2 is 1.59 bits per heavy atom. The average molecular weight is 509 g/mol. The van der Waals surface area contributed by atoms with Crippen molar-refractivity contribution in [3.8, 4) is 0 Å². The fourth-order valence-electron chi connectivity index (χ4n) is 5.67. The molecule has 11 heteroatoms. The van der Waals surface area contributed by atoms with E-state index in [1.165, 1.54) is 0 Å². The first-order valence-electron chi connectivity index (χ1n) is 12.0. The largest absolute Gasteiger partial charge is 0.366 e. The lowest BCUT2D eigenvalue weighted by Crippen LogP contribution is -2.43. The number of carbonyl (C=O) groups is 2. The van der Waals surface area contributed by atoms with E-state index in [1.54, 1.807) is 0 Å². The Hall–Kier alpha value is -4.15. The summed E-state index contributed by atoms with van der Waals surface area (Å²) in [5.74, 6) is -1.19. The van der Waals surface area contributed by atoms with Gasteiger partial charge in [0.1, 0.15) is 0 Å². The lowest BCUT2D eigenvalue weighted by atomic mass is 9.64. The van der Waals surface area contributed by atoms with Crippen LogP contribution in [0.5, 0.6) is 0 Å². The molecule has 0 saturated heterocycles. The molecule has 1 amide bonds. The molecule has 2 atom stereocenters. The summed E-state index contributed by atoms with van der Waals surface area (Å²) in [5.41, 5.74) is -1.00. The van der Waals surface area contributed by atoms with E-state index in [2.05, 4.69) is 17.4 Å². The van der Waals surface area contributed by atoms with Crippen molar-refractivity contribution >= 4 is 34.7 Å². The van der Waals surface area contributed by atoms with Gasteiger partial charge >= 0.3 is 5.97 Å². The highest BCUT2D eigenvalue weighted by molar-refractivity contribution is 6.06. The Balaban J connectivity index is 1.59. The summed E-state index contributed by atoms with van der Waals surface area (Å²) in [6, 6.07) is 10.3. The van der Waals surface area contributed by atoms with Gasteiger partial charge in [0.05, 0.1) is 32.6 Å². The Bertz CT molecular complexity index is 1300. The van der Waals surface area contributed by atoms with Crippen LogP contribution in [-0.2, 0) is 16.1 Å². The number of nitro groups is 2. The summed E-state index contributed by atoms with van der Waals surface area (Å²) in [7, 11) is 0. The lowest BCUT2D eigenvalue weighted by Gasteiger charge is -2.39. The molecule has 0 radical (unpaired) electrons. The van der Waals surface area contributed by atoms with Crippen molar-refractivity contribution in [2.75, 3.05) is 5.32 Å². The molecule has 1 N–H and O–H groups in total. The molecule has 2 aromatic rings. The van der Waals surface area contributed by atoms with E-state index in [4.69, 9.17) is 4.84 Å². The predicted molar refractivity (Wildman–Crippen MR) is 135 cm³/mol. The van der Waals surface area contributed by atoms with Crippen molar-refractivity contribution in [3.63, 3.8) is 0 Å². The van der Waals surface area contributed by atoms with Crippen molar-refractivity contribution in [1.29, 1.82) is 0 Å². The summed E-state index contributed by atoms with van der Waals surface area (Å²) in [6.45, 7) is 8.05. The second-order valence-corrected chi connectivity index (χ2v) is 10.4. The summed E-state index contributed by atoms with van der Waals surface area (Å²) in [5, 5.41) is 29.4. The highest BCUT2D eigenvalue weighted by Gasteiger charge is 2.71. The fourth-order valence-corrected chi connectivity index (χ4v) is 5.67. The molecule has 2 bridgehead atoms. The minimum absolute atomic E-state index is 0.128. The number of rotatable bonds is 7. The van der Waals surface area contributed by atoms with Crippen molar-refractivity contribution in [2.24, 2.45) is 21.4 Å². The molecule has 0 aliphatic heterocycles. The van der Waals surface area contributed by atoms with Crippen LogP contribution in [0.1, 0.15) is 62.9 Å². The first-order chi connectivity index (χ1) is 17.3. The van der Waals surface area contributed by atoms with Gasteiger partial charge in [-0.15, -0.1) is 0 Å². The summed E-state index contributed by atoms with van der Waals surface area (Å²) in [6.07, 6.45) is 2.46. The van der Waals surface area contributed by atoms with E-state index in [0.29, 0.717) is 24.2 Å². The van der Waals surface area contributed by atoms with Crippen LogP contribution in [0.15, 0.2) is 47.6 Å². The summed E-state index contributed by atoms with van der Waals surface area (Å²) in [4.78, 5) is 52.1. The first-order valence-corrected chi connectivity index (χ1v) is 12.0. The van der Waals surface area contributed by atoms with Gasteiger partial charge in [0.25, 0.3) is 11.4 Å². The number of non-ortho nitro benzene ring substituents is 2. The molecule has 0 heterocycles. The van der Waals surface area contributed by atoms with Gasteiger partial charge in [-0.2, -0.15) is 0 Å². The molecule has 11 nitrogen and oxygen atoms in total. The first kappa shape index (κ1) is 25.9. The monoisotopic (exact) mass is 508 g/mol. The number of nitrogens with one attached hydrogen (secondary N) is 1. The maximum Gasteiger partial charge on any atom is 0.366 e. The third kappa shape index (κ3) is 4.13. The van der Waals surface area contributed by atoms with Crippen molar-refractivity contribution in [2.45, 2.75) is 53.4 Å². The standard InChI is InChI=1S/C26H28N4O7/c1-5-16-6-8-18(9-7-16)27-23(32)26-11-10-25(4,24(26,2)3)21(15-26)28-37-22(31)17-12-19(29(33)34)14-20(13-17)30(35)36/h6-9,12-14H,5,10-11,15H2,1-4H3,(H,27,32). The van der Waals surface area contributed by atoms with E-state index in [0.717, 1.165) is 30.2 Å². The summed E-state index contributed by atoms with van der Waals surface area (Å²) < 4.78 is 0. The van der Waals surface area contributed by atoms with E-state index in [1.807, 2.05) is 45.0 Å². The van der Waals surface area contributed by atoms with Crippen molar-refractivity contribution in [3.05, 3.63) is 73.8 Å². The number of oxime groups is 1. The van der Waals surface area contributed by atoms with Gasteiger partial charge in [0.15, 0.2) is 0 Å². The predicted octanol–water partition coefficient (Wildman–Crippen LogP) is 5.43. The smallest absolute Gasteiger partial charge is 0.326 e. The zero-order valence-corrected chi connectivity index (χ0v) is 21.1. The molecular weight excluding hydrogens is 480 g/mol. The normalized spacial score (nSPS) is 24.6. The van der Waals surface area contributed by atoms with Gasteiger partial charge in [-0.25, -0.2) is 4.79 Å². The number of anilines is 1. The van der Waals surface area contributed by atoms with Gasteiger partial charge in [-0.3, -0.25) is 25.0 Å². The number of fused-ring (bicyclic) bond motifs is 2. The minimum atomic E-state index is -1.06. The van der Waals surface area contributed by atoms with Crippen LogP contribution in [0.4, 0.5) is 17.1 Å². The van der Waals surface area contributed by atoms with Gasteiger partial charge < -0.3 is 10.2 Å². The third-order valence-electron chi connectivity index (χ3n) is 8.59. The van der Waals surface area contributed by atoms with Gasteiger partial charge in [-0.05, 0) is 42.4 Å². The van der Waals surface area contributed by atoms with Crippen molar-refractivity contribution < 1.29 is 24.3 Å². The second kappa shape index (κ2) is 9.06. The SMILES string of the molecule is CCc1ccc(NC(=O)C23CCC(C)(C(=NOC(=O)c4cc([N+](=O)[O-])cc([N+](=O)[O-])c4)C2)C3(C)C)cc1. The maximum absolute atomic E-state index is 13.6. The summed E-state index contributed by atoms with van der Waals surface area (Å²) >= 11 is 0. The van der Waals surface area contributed by atoms with Crippen LogP contribution in [0.2, 0.25) is 0 Å². The molecule has 2 saturated carbocycles. The number of aryl methyl sites for hydroxylation is 1. The Kier molecular flexibility index (Phi) is 6.35. The van der Waals surface area contributed by atoms with E-state index < -0.39 is 43.4 Å². The van der Waals surface area contributed by atoms with Crippen LogP contribution < -0.4 is 5.32 Å². The zero-order valence-electron chi connectivity index (χ0n) is 21.1. The minimum Gasteiger partial charge on any atom is -0.326 e. The molecule has 0 aromatic heterocycles. The van der Waals surface area contributed by atoms with Crippen LogP contribution in [0.3, 0.4) is 0 Å². The molecule has 4 rings (SSSR count). The number of nitro benzene ring substituents is 2. The van der Waals surface area contributed by atoms with E-state index in [9.17, 15) is 29.8 Å². The molecule has 2 unspecified atom stereocenters. The van der Waals surface area contributed by atoms with Crippen molar-refractivity contribution in [1.82, 2.24) is 0 Å². The number of hydrogen-bond donors (Lipinski definition) is 1. The molecule has 194 valence electrons. The second-order valence-electron chi connectivity index (χ2n) is 10.4. The highest BCUT2D eigenvalue weighted by Crippen LogP contribution is 2.71. The number of amides is 1. The molecule has 37 heavy (non-hydrogen) atoms. The molecule has 2 aliphatic carbocycles. The molecule has 2 aliphatic rings. The quantitative estimate of drug-likeness (QED) is 0.297. The highest BCUT2D eigenvalue weighted by atomic mass is 16.7. The molecule has 0 spiro atoms. The fraction of sp³-hybridized carbons (Fsp3) is 0.423. The lowest BCUT2D eigenvalue weighted by molar-refractivity contribution is -0.394. The number of nitrogens with zero attached hydrogens (tertiary/aromatic N) is 3. The number of benzene rings is 2. The van der Waals surface area contributed by atoms with Gasteiger partial charge in [0, 0.05) is 29.7 Å². The zero-order chi connectivity index (χ0) is 27.2. The molecular formula is C26H28N4O7. The van der Waals surface area contributed by atoms with Gasteiger partial charge in [-0.1, -0.05) is 45.0 Å². The van der Waals surface area contributed by atoms with Crippen LogP contribution in [0, 0.1) is 36.5 Å². The third-order valence-corrected chi connectivity index (χ3v) is 8.59. The van der Waals surface area contributed by atoms with Crippen LogP contribution in [-0.4, -0.2) is 27.4 Å².